The van der Waals surface area contributed by atoms with E-state index in [0.717, 1.165) is 5.69 Å². The molecule has 1 aromatic rings. The number of hydrogen-bond acceptors (Lipinski definition) is 2. The fourth-order valence-electron chi connectivity index (χ4n) is 1.51. The molecule has 0 spiro atoms. The van der Waals surface area contributed by atoms with Crippen LogP contribution >= 0.6 is 0 Å². The van der Waals surface area contributed by atoms with Crippen molar-refractivity contribution in [1.82, 2.24) is 9.55 Å². The molecule has 0 amide bonds. The van der Waals surface area contributed by atoms with E-state index >= 15 is 0 Å². The highest BCUT2D eigenvalue weighted by atomic mass is 19.1. The van der Waals surface area contributed by atoms with Crippen LogP contribution < -0.4 is 0 Å². The number of halogens is 1. The molecule has 0 saturated heterocycles. The molecule has 0 fully saturated rings. The average Bonchev–Trinajstić information content (AvgIpc) is 2.59. The van der Waals surface area contributed by atoms with Gasteiger partial charge in [-0.3, -0.25) is 4.39 Å². The lowest BCUT2D eigenvalue weighted by Gasteiger charge is -2.16. The summed E-state index contributed by atoms with van der Waals surface area (Å²) in [6, 6.07) is 0. The number of nitrogens with zero attached hydrogens (tertiary/aromatic N) is 2. The second-order valence-corrected chi connectivity index (χ2v) is 4.30. The molecule has 1 heterocycles. The van der Waals surface area contributed by atoms with Crippen LogP contribution in [0.2, 0.25) is 0 Å². The van der Waals surface area contributed by atoms with E-state index in [-0.39, 0.29) is 12.3 Å². The summed E-state index contributed by atoms with van der Waals surface area (Å²) in [5.74, 6) is 0.615. The van der Waals surface area contributed by atoms with E-state index in [1.807, 2.05) is 20.8 Å². The molecule has 0 aromatic carbocycles. The van der Waals surface area contributed by atoms with Crippen LogP contribution in [0.1, 0.15) is 37.9 Å². The van der Waals surface area contributed by atoms with Gasteiger partial charge in [0.2, 0.25) is 0 Å². The number of rotatable bonds is 5. The topological polar surface area (TPSA) is 38.0 Å². The quantitative estimate of drug-likeness (QED) is 0.838. The van der Waals surface area contributed by atoms with Crippen molar-refractivity contribution in [2.75, 3.05) is 6.67 Å². The lowest BCUT2D eigenvalue weighted by atomic mass is 10.1. The van der Waals surface area contributed by atoms with E-state index in [0.29, 0.717) is 11.5 Å². The highest BCUT2D eigenvalue weighted by molar-refractivity contribution is 5.43. The summed E-state index contributed by atoms with van der Waals surface area (Å²) >= 11 is 0. The zero-order chi connectivity index (χ0) is 12.3. The second kappa shape index (κ2) is 5.25. The maximum absolute atomic E-state index is 12.3. The van der Waals surface area contributed by atoms with Crippen molar-refractivity contribution in [1.29, 1.82) is 0 Å². The molecule has 90 valence electrons. The molecule has 0 aliphatic rings. The minimum absolute atomic E-state index is 0.0683. The maximum Gasteiger partial charge on any atom is 0.142 e. The number of aryl methyl sites for hydroxylation is 1. The Kier molecular flexibility index (Phi) is 4.24. The zero-order valence-corrected chi connectivity index (χ0v) is 10.1. The van der Waals surface area contributed by atoms with Gasteiger partial charge in [-0.2, -0.15) is 0 Å². The summed E-state index contributed by atoms with van der Waals surface area (Å²) in [6.45, 7) is 9.02. The first-order valence-corrected chi connectivity index (χ1v) is 5.45. The van der Waals surface area contributed by atoms with Crippen molar-refractivity contribution in [3.05, 3.63) is 24.3 Å². The monoisotopic (exact) mass is 226 g/mol. The minimum atomic E-state index is -0.648. The van der Waals surface area contributed by atoms with Crippen molar-refractivity contribution in [2.24, 2.45) is 5.92 Å². The van der Waals surface area contributed by atoms with Gasteiger partial charge in [-0.1, -0.05) is 20.4 Å². The van der Waals surface area contributed by atoms with Crippen molar-refractivity contribution >= 4 is 5.70 Å². The van der Waals surface area contributed by atoms with Gasteiger partial charge in [0.15, 0.2) is 0 Å². The third-order valence-corrected chi connectivity index (χ3v) is 2.47. The Balaban J connectivity index is 3.04. The van der Waals surface area contributed by atoms with Crippen LogP contribution in [0, 0.1) is 12.8 Å². The Morgan fingerprint density at radius 3 is 2.75 bits per heavy atom. The largest absolute Gasteiger partial charge is 0.385 e. The molecule has 0 saturated carbocycles. The van der Waals surface area contributed by atoms with Gasteiger partial charge in [-0.05, 0) is 12.8 Å². The van der Waals surface area contributed by atoms with E-state index in [1.165, 1.54) is 0 Å². The fraction of sp³-hybridized carbons (Fsp3) is 0.583. The predicted octanol–water partition coefficient (Wildman–Crippen LogP) is 2.71. The number of hydrogen-bond donors (Lipinski definition) is 1. The molecule has 16 heavy (non-hydrogen) atoms. The third kappa shape index (κ3) is 2.70. The maximum atomic E-state index is 12.3. The van der Waals surface area contributed by atoms with Gasteiger partial charge in [0, 0.05) is 18.3 Å². The molecule has 0 bridgehead atoms. The van der Waals surface area contributed by atoms with E-state index < -0.39 is 12.8 Å². The Bertz CT molecular complexity index is 371. The van der Waals surface area contributed by atoms with Crippen molar-refractivity contribution in [2.45, 2.75) is 33.3 Å². The van der Waals surface area contributed by atoms with E-state index in [1.54, 1.807) is 10.8 Å². The normalized spacial score (nSPS) is 13.1. The smallest absolute Gasteiger partial charge is 0.142 e. The van der Waals surface area contributed by atoms with Crippen LogP contribution in [-0.2, 0) is 0 Å². The number of aliphatic hydroxyl groups excluding tert-OH is 1. The number of aliphatic hydroxyl groups is 1. The lowest BCUT2D eigenvalue weighted by Crippen LogP contribution is -2.12. The van der Waals surface area contributed by atoms with E-state index in [4.69, 9.17) is 0 Å². The molecule has 1 rings (SSSR count). The van der Waals surface area contributed by atoms with E-state index in [2.05, 4.69) is 11.6 Å². The van der Waals surface area contributed by atoms with Gasteiger partial charge >= 0.3 is 0 Å². The van der Waals surface area contributed by atoms with Gasteiger partial charge in [0.1, 0.15) is 11.9 Å². The Morgan fingerprint density at radius 2 is 2.25 bits per heavy atom. The summed E-state index contributed by atoms with van der Waals surface area (Å²) in [5.41, 5.74) is 1.42. The summed E-state index contributed by atoms with van der Waals surface area (Å²) in [5, 5.41) is 9.99. The van der Waals surface area contributed by atoms with Gasteiger partial charge in [0.25, 0.3) is 0 Å². The van der Waals surface area contributed by atoms with Gasteiger partial charge < -0.3 is 9.67 Å². The summed E-state index contributed by atoms with van der Waals surface area (Å²) in [4.78, 5) is 4.26. The van der Waals surface area contributed by atoms with Crippen LogP contribution in [0.15, 0.2) is 12.8 Å². The molecule has 1 unspecified atom stereocenters. The first-order chi connectivity index (χ1) is 7.47. The number of imidazole rings is 1. The first-order valence-electron chi connectivity index (χ1n) is 5.45. The van der Waals surface area contributed by atoms with Crippen LogP contribution in [0.3, 0.4) is 0 Å². The van der Waals surface area contributed by atoms with Crippen LogP contribution in [-0.4, -0.2) is 21.3 Å². The summed E-state index contributed by atoms with van der Waals surface area (Å²) in [7, 11) is 0. The Morgan fingerprint density at radius 1 is 1.62 bits per heavy atom. The molecule has 1 atom stereocenters. The Hall–Kier alpha value is -1.16. The van der Waals surface area contributed by atoms with Crippen LogP contribution in [0.5, 0.6) is 0 Å². The van der Waals surface area contributed by atoms with Gasteiger partial charge in [-0.25, -0.2) is 4.98 Å². The van der Waals surface area contributed by atoms with E-state index in [9.17, 15) is 9.50 Å². The third-order valence-electron chi connectivity index (χ3n) is 2.47. The van der Waals surface area contributed by atoms with Crippen molar-refractivity contribution < 1.29 is 9.50 Å². The predicted molar refractivity (Wildman–Crippen MR) is 62.7 cm³/mol. The summed E-state index contributed by atoms with van der Waals surface area (Å²) in [6.07, 6.45) is 1.39. The van der Waals surface area contributed by atoms with Crippen LogP contribution in [0.4, 0.5) is 4.39 Å². The van der Waals surface area contributed by atoms with Crippen molar-refractivity contribution in [3.63, 3.8) is 0 Å². The highest BCUT2D eigenvalue weighted by Gasteiger charge is 2.19. The molecule has 0 radical (unpaired) electrons. The van der Waals surface area contributed by atoms with Gasteiger partial charge in [-0.15, -0.1) is 0 Å². The zero-order valence-electron chi connectivity index (χ0n) is 10.1. The lowest BCUT2D eigenvalue weighted by molar-refractivity contribution is 0.116. The first kappa shape index (κ1) is 12.9. The SMILES string of the molecule is C=C(CCF)n1cc(C)nc1C(O)C(C)C. The molecular weight excluding hydrogens is 207 g/mol. The summed E-state index contributed by atoms with van der Waals surface area (Å²) < 4.78 is 14.0. The minimum Gasteiger partial charge on any atom is -0.385 e. The molecule has 0 aliphatic carbocycles. The standard InChI is InChI=1S/C12H19FN2O/c1-8(2)11(16)12-14-9(3)7-15(12)10(4)5-6-13/h7-8,11,16H,4-6H2,1-3H3. The molecule has 0 aliphatic heterocycles. The molecule has 3 nitrogen and oxygen atoms in total. The highest BCUT2D eigenvalue weighted by Crippen LogP contribution is 2.24. The van der Waals surface area contributed by atoms with Crippen molar-refractivity contribution in [3.8, 4) is 0 Å². The van der Waals surface area contributed by atoms with Crippen LogP contribution in [0.25, 0.3) is 5.70 Å². The molecule has 1 aromatic heterocycles. The van der Waals surface area contributed by atoms with Gasteiger partial charge in [0.05, 0.1) is 12.4 Å². The number of alkyl halides is 1. The fourth-order valence-corrected chi connectivity index (χ4v) is 1.51. The molecular formula is C12H19FN2O. The Labute approximate surface area is 95.6 Å². The molecule has 1 N–H and O–H groups in total. The number of aromatic nitrogens is 2. The molecule has 4 heteroatoms. The average molecular weight is 226 g/mol. The number of allylic oxidation sites excluding steroid dienone is 1. The second-order valence-electron chi connectivity index (χ2n) is 4.30.